The van der Waals surface area contributed by atoms with E-state index in [4.69, 9.17) is 0 Å². The van der Waals surface area contributed by atoms with E-state index in [0.29, 0.717) is 18.4 Å². The van der Waals surface area contributed by atoms with Crippen molar-refractivity contribution < 1.29 is 18.3 Å². The minimum Gasteiger partial charge on any atom is -0.480 e. The minimum atomic E-state index is -3.64. The molecule has 110 valence electrons. The van der Waals surface area contributed by atoms with Gasteiger partial charge in [-0.1, -0.05) is 43.2 Å². The van der Waals surface area contributed by atoms with Crippen LogP contribution >= 0.6 is 0 Å². The lowest BCUT2D eigenvalue weighted by molar-refractivity contribution is -0.143. The smallest absolute Gasteiger partial charge is 0.329 e. The van der Waals surface area contributed by atoms with Gasteiger partial charge in [-0.25, -0.2) is 13.2 Å². The quantitative estimate of drug-likeness (QED) is 0.868. The van der Waals surface area contributed by atoms with Crippen molar-refractivity contribution in [2.24, 2.45) is 0 Å². The molecule has 1 aromatic carbocycles. The number of nitrogens with one attached hydrogen (secondary N) is 1. The number of carboxylic acids is 1. The summed E-state index contributed by atoms with van der Waals surface area (Å²) in [5, 5.41) is 8.98. The van der Waals surface area contributed by atoms with Gasteiger partial charge in [0.15, 0.2) is 5.54 Å². The molecular weight excluding hydrogens is 278 g/mol. The van der Waals surface area contributed by atoms with Gasteiger partial charge in [-0.2, -0.15) is 4.72 Å². The van der Waals surface area contributed by atoms with E-state index >= 15 is 0 Å². The first-order chi connectivity index (χ1) is 9.36. The average Bonchev–Trinajstić information content (AvgIpc) is 2.93. The summed E-state index contributed by atoms with van der Waals surface area (Å²) in [5.74, 6) is -1.20. The molecule has 6 heteroatoms. The number of sulfonamides is 1. The number of rotatable bonds is 5. The van der Waals surface area contributed by atoms with Gasteiger partial charge in [0.2, 0.25) is 10.0 Å². The lowest BCUT2D eigenvalue weighted by Crippen LogP contribution is -2.51. The zero-order chi connectivity index (χ0) is 14.8. The summed E-state index contributed by atoms with van der Waals surface area (Å²) in [6.45, 7) is 1.39. The van der Waals surface area contributed by atoms with E-state index in [9.17, 15) is 18.3 Å². The van der Waals surface area contributed by atoms with E-state index in [0.717, 1.165) is 12.8 Å². The molecule has 20 heavy (non-hydrogen) atoms. The van der Waals surface area contributed by atoms with Crippen LogP contribution in [-0.4, -0.2) is 24.7 Å². The molecule has 0 radical (unpaired) electrons. The zero-order valence-corrected chi connectivity index (χ0v) is 12.2. The van der Waals surface area contributed by atoms with E-state index < -0.39 is 26.8 Å². The Morgan fingerprint density at radius 3 is 2.30 bits per heavy atom. The second-order valence-corrected chi connectivity index (χ2v) is 7.31. The van der Waals surface area contributed by atoms with Crippen molar-refractivity contribution in [3.05, 3.63) is 35.9 Å². The zero-order valence-electron chi connectivity index (χ0n) is 11.4. The molecule has 1 aliphatic carbocycles. The standard InChI is InChI=1S/C14H19NO4S/c1-14(13(16)17,11-7-3-2-4-8-11)15-20(18,19)12-9-5-6-10-12/h2-4,7-8,12,15H,5-6,9-10H2,1H3,(H,16,17). The maximum absolute atomic E-state index is 12.4. The topological polar surface area (TPSA) is 83.5 Å². The molecule has 0 aromatic heterocycles. The second kappa shape index (κ2) is 5.54. The monoisotopic (exact) mass is 297 g/mol. The molecule has 2 rings (SSSR count). The fourth-order valence-corrected chi connectivity index (χ4v) is 4.46. The Kier molecular flexibility index (Phi) is 4.15. The minimum absolute atomic E-state index is 0.425. The SMILES string of the molecule is CC(NS(=O)(=O)C1CCCC1)(C(=O)O)c1ccccc1. The van der Waals surface area contributed by atoms with E-state index in [1.165, 1.54) is 6.92 Å². The summed E-state index contributed by atoms with van der Waals surface area (Å²) in [5.41, 5.74) is -1.21. The Bertz CT molecular complexity index is 578. The Labute approximate surface area is 119 Å². The molecule has 1 aliphatic rings. The van der Waals surface area contributed by atoms with Gasteiger partial charge in [0, 0.05) is 0 Å². The number of aliphatic carboxylic acids is 1. The number of hydrogen-bond acceptors (Lipinski definition) is 3. The number of benzene rings is 1. The van der Waals surface area contributed by atoms with Crippen molar-refractivity contribution >= 4 is 16.0 Å². The van der Waals surface area contributed by atoms with E-state index in [-0.39, 0.29) is 0 Å². The van der Waals surface area contributed by atoms with Crippen molar-refractivity contribution in [2.45, 2.75) is 43.4 Å². The third-order valence-corrected chi connectivity index (χ3v) is 5.91. The highest BCUT2D eigenvalue weighted by molar-refractivity contribution is 7.90. The molecule has 0 amide bonds. The number of hydrogen-bond donors (Lipinski definition) is 2. The van der Waals surface area contributed by atoms with Crippen LogP contribution in [0.15, 0.2) is 30.3 Å². The van der Waals surface area contributed by atoms with E-state index in [1.54, 1.807) is 30.3 Å². The summed E-state index contributed by atoms with van der Waals surface area (Å²) in [6.07, 6.45) is 2.95. The summed E-state index contributed by atoms with van der Waals surface area (Å²) in [4.78, 5) is 11.6. The molecule has 1 aromatic rings. The van der Waals surface area contributed by atoms with Crippen LogP contribution in [0.1, 0.15) is 38.2 Å². The number of carboxylic acid groups (broad SMARTS) is 1. The summed E-state index contributed by atoms with van der Waals surface area (Å²) in [7, 11) is -3.64. The Morgan fingerprint density at radius 1 is 1.25 bits per heavy atom. The molecule has 1 atom stereocenters. The maximum Gasteiger partial charge on any atom is 0.329 e. The van der Waals surface area contributed by atoms with E-state index in [2.05, 4.69) is 4.72 Å². The molecule has 0 heterocycles. The van der Waals surface area contributed by atoms with Gasteiger partial charge in [0.1, 0.15) is 0 Å². The highest BCUT2D eigenvalue weighted by Gasteiger charge is 2.42. The highest BCUT2D eigenvalue weighted by Crippen LogP contribution is 2.28. The average molecular weight is 297 g/mol. The van der Waals surface area contributed by atoms with Crippen molar-refractivity contribution in [3.63, 3.8) is 0 Å². The van der Waals surface area contributed by atoms with Crippen LogP contribution in [0.4, 0.5) is 0 Å². The van der Waals surface area contributed by atoms with Crippen LogP contribution in [0.2, 0.25) is 0 Å². The van der Waals surface area contributed by atoms with Crippen LogP contribution in [0.5, 0.6) is 0 Å². The third kappa shape index (κ3) is 2.86. The molecule has 5 nitrogen and oxygen atoms in total. The molecule has 1 fully saturated rings. The summed E-state index contributed by atoms with van der Waals surface area (Å²) >= 11 is 0. The van der Waals surface area contributed by atoms with Crippen LogP contribution in [-0.2, 0) is 20.4 Å². The van der Waals surface area contributed by atoms with Crippen LogP contribution in [0.25, 0.3) is 0 Å². The van der Waals surface area contributed by atoms with Crippen molar-refractivity contribution in [1.29, 1.82) is 0 Å². The van der Waals surface area contributed by atoms with Gasteiger partial charge in [0.25, 0.3) is 0 Å². The first-order valence-electron chi connectivity index (χ1n) is 6.68. The van der Waals surface area contributed by atoms with Gasteiger partial charge in [-0.05, 0) is 25.3 Å². The fourth-order valence-electron chi connectivity index (χ4n) is 2.56. The fraction of sp³-hybridized carbons (Fsp3) is 0.500. The normalized spacial score (nSPS) is 19.6. The van der Waals surface area contributed by atoms with Gasteiger partial charge >= 0.3 is 5.97 Å². The second-order valence-electron chi connectivity index (χ2n) is 5.35. The highest BCUT2D eigenvalue weighted by atomic mass is 32.2. The molecule has 0 aliphatic heterocycles. The van der Waals surface area contributed by atoms with Gasteiger partial charge in [-0.15, -0.1) is 0 Å². The largest absolute Gasteiger partial charge is 0.480 e. The molecule has 1 unspecified atom stereocenters. The molecule has 0 bridgehead atoms. The maximum atomic E-state index is 12.4. The Hall–Kier alpha value is -1.40. The van der Waals surface area contributed by atoms with Crippen LogP contribution in [0.3, 0.4) is 0 Å². The lowest BCUT2D eigenvalue weighted by Gasteiger charge is -2.28. The summed E-state index contributed by atoms with van der Waals surface area (Å²) in [6, 6.07) is 8.38. The first-order valence-corrected chi connectivity index (χ1v) is 8.22. The van der Waals surface area contributed by atoms with Crippen molar-refractivity contribution in [3.8, 4) is 0 Å². The predicted molar refractivity (Wildman–Crippen MR) is 75.7 cm³/mol. The third-order valence-electron chi connectivity index (χ3n) is 3.87. The predicted octanol–water partition coefficient (Wildman–Crippen LogP) is 1.85. The lowest BCUT2D eigenvalue weighted by atomic mass is 9.94. The number of carbonyl (C=O) groups is 1. The first kappa shape index (κ1) is 15.0. The van der Waals surface area contributed by atoms with Gasteiger partial charge in [-0.3, -0.25) is 0 Å². The molecule has 1 saturated carbocycles. The summed E-state index contributed by atoms with van der Waals surface area (Å²) < 4.78 is 27.1. The van der Waals surface area contributed by atoms with Crippen molar-refractivity contribution in [2.75, 3.05) is 0 Å². The Balaban J connectivity index is 2.33. The van der Waals surface area contributed by atoms with Crippen LogP contribution < -0.4 is 4.72 Å². The molecule has 0 saturated heterocycles. The molecule has 2 N–H and O–H groups in total. The van der Waals surface area contributed by atoms with E-state index in [1.807, 2.05) is 0 Å². The van der Waals surface area contributed by atoms with Gasteiger partial charge in [0.05, 0.1) is 5.25 Å². The Morgan fingerprint density at radius 2 is 1.80 bits per heavy atom. The van der Waals surface area contributed by atoms with Crippen LogP contribution in [0, 0.1) is 0 Å². The van der Waals surface area contributed by atoms with Gasteiger partial charge < -0.3 is 5.11 Å². The van der Waals surface area contributed by atoms with Crippen molar-refractivity contribution in [1.82, 2.24) is 4.72 Å². The molecular formula is C14H19NO4S. The molecule has 0 spiro atoms.